The first kappa shape index (κ1) is 55.2. The molecule has 2 aliphatic rings. The summed E-state index contributed by atoms with van der Waals surface area (Å²) >= 11 is 0. The average Bonchev–Trinajstić information content (AvgIpc) is 3.97. The predicted octanol–water partition coefficient (Wildman–Crippen LogP) is 7.55. The molecule has 2 aromatic rings. The summed E-state index contributed by atoms with van der Waals surface area (Å²) in [5.41, 5.74) is 8.25. The van der Waals surface area contributed by atoms with E-state index in [2.05, 4.69) is 57.2 Å². The first-order valence-electron chi connectivity index (χ1n) is 24.0. The first-order valence-corrected chi connectivity index (χ1v) is 26.2. The number of nitrogens with zero attached hydrogens (tertiary/aromatic N) is 3. The highest BCUT2D eigenvalue weighted by atomic mass is 33.1. The summed E-state index contributed by atoms with van der Waals surface area (Å²) < 4.78 is 18.6. The third kappa shape index (κ3) is 14.6. The molecule has 4 rings (SSSR count). The number of aliphatic carboxylic acids is 1. The molecular formula is C50H80N6O8S2. The van der Waals surface area contributed by atoms with E-state index in [-0.39, 0.29) is 77.9 Å². The topological polar surface area (TPSA) is 186 Å². The molecule has 66 heavy (non-hydrogen) atoms. The molecule has 0 radical (unpaired) electrons. The molecule has 1 aromatic carbocycles. The number of rotatable bonds is 26. The van der Waals surface area contributed by atoms with Crippen molar-refractivity contribution in [3.63, 3.8) is 0 Å². The van der Waals surface area contributed by atoms with E-state index in [9.17, 15) is 24.3 Å². The molecular weight excluding hydrogens is 877 g/mol. The fourth-order valence-corrected chi connectivity index (χ4v) is 13.3. The van der Waals surface area contributed by atoms with Gasteiger partial charge in [-0.15, -0.1) is 0 Å². The van der Waals surface area contributed by atoms with E-state index in [0.717, 1.165) is 42.7 Å². The molecule has 2 unspecified atom stereocenters. The summed E-state index contributed by atoms with van der Waals surface area (Å²) in [6.45, 7) is 15.1. The fourth-order valence-electron chi connectivity index (χ4n) is 10.6. The number of amides is 3. The van der Waals surface area contributed by atoms with E-state index in [1.54, 1.807) is 53.8 Å². The number of carboxylic acids is 1. The van der Waals surface area contributed by atoms with Crippen LogP contribution in [-0.4, -0.2) is 132 Å². The maximum Gasteiger partial charge on any atom is 0.410 e. The molecule has 1 aliphatic carbocycles. The second kappa shape index (κ2) is 27.0. The Labute approximate surface area is 402 Å². The highest BCUT2D eigenvalue weighted by Crippen LogP contribution is 2.42. The highest BCUT2D eigenvalue weighted by Gasteiger charge is 2.47. The lowest BCUT2D eigenvalue weighted by molar-refractivity contribution is -0.145. The molecule has 370 valence electrons. The summed E-state index contributed by atoms with van der Waals surface area (Å²) in [4.78, 5) is 62.6. The number of ether oxygens (including phenoxy) is 3. The lowest BCUT2D eigenvalue weighted by atomic mass is 9.68. The van der Waals surface area contributed by atoms with Gasteiger partial charge in [-0.25, -0.2) is 14.6 Å². The number of hydrogen-bond acceptors (Lipinski definition) is 12. The Balaban J connectivity index is 1.51. The molecule has 0 bridgehead atoms. The van der Waals surface area contributed by atoms with E-state index in [1.165, 1.54) is 7.11 Å². The van der Waals surface area contributed by atoms with Crippen molar-refractivity contribution < 1.29 is 38.5 Å². The zero-order valence-electron chi connectivity index (χ0n) is 41.3. The zero-order valence-corrected chi connectivity index (χ0v) is 42.9. The Morgan fingerprint density at radius 3 is 2.21 bits per heavy atom. The van der Waals surface area contributed by atoms with Gasteiger partial charge in [0.05, 0.1) is 41.9 Å². The van der Waals surface area contributed by atoms with E-state index < -0.39 is 48.1 Å². The van der Waals surface area contributed by atoms with Crippen molar-refractivity contribution in [2.45, 2.75) is 159 Å². The number of hydrogen-bond donors (Lipinski definition) is 4. The smallest absolute Gasteiger partial charge is 0.410 e. The lowest BCUT2D eigenvalue weighted by Crippen LogP contribution is -2.62. The van der Waals surface area contributed by atoms with Gasteiger partial charge < -0.3 is 45.5 Å². The number of carbonyl (C=O) groups excluding carboxylic acids is 3. The Kier molecular flexibility index (Phi) is 22.5. The molecule has 1 saturated heterocycles. The summed E-state index contributed by atoms with van der Waals surface area (Å²) in [5.74, 6) is -2.46. The largest absolute Gasteiger partial charge is 0.480 e. The van der Waals surface area contributed by atoms with Crippen molar-refractivity contribution in [1.82, 2.24) is 25.4 Å². The van der Waals surface area contributed by atoms with Crippen molar-refractivity contribution in [3.05, 3.63) is 60.3 Å². The van der Waals surface area contributed by atoms with Crippen LogP contribution in [0.3, 0.4) is 0 Å². The van der Waals surface area contributed by atoms with Crippen LogP contribution >= 0.6 is 21.6 Å². The number of methoxy groups -OCH3 is 2. The van der Waals surface area contributed by atoms with E-state index in [4.69, 9.17) is 19.9 Å². The molecule has 2 fully saturated rings. The van der Waals surface area contributed by atoms with Crippen LogP contribution < -0.4 is 16.4 Å². The van der Waals surface area contributed by atoms with Crippen LogP contribution in [0.2, 0.25) is 0 Å². The SMILES string of the molecule is CC[C@H](C)[C@@H](C(NC)[C@@H](C(C)C)C(N)[C@H](C(C)C)N(C)C(=O)O[C@H]1CCC[C@@H]1SSc1ccccn1)[C@@H](CC(=O)N1CCC[C@@H]1[C@H](OC)[C@@H](C)C(=O)N[C@@H](Cc1ccccc1)C(=O)O)OC. The van der Waals surface area contributed by atoms with E-state index in [1.807, 2.05) is 60.5 Å². The van der Waals surface area contributed by atoms with Gasteiger partial charge in [0.2, 0.25) is 11.8 Å². The number of nitrogens with two attached hydrogens (primary N) is 1. The molecule has 0 spiro atoms. The van der Waals surface area contributed by atoms with Gasteiger partial charge in [0, 0.05) is 58.4 Å². The standard InChI is InChI=1S/C50H80N6O8S2/c1-12-32(6)43(38(62-10)29-41(57)56-27-19-22-36(56)47(63-11)33(7)48(58)54-35(49(59)60)28-34-20-14-13-15-21-34)45(52-8)42(30(2)3)44(51)46(31(4)5)55(9)50(61)64-37-23-18-24-39(37)65-66-40-25-16-17-26-53-40/h13-17,20-21,25-26,30-33,35-39,42-47,52H,12,18-19,22-24,27-29,51H2,1-11H3,(H,54,58)(H,59,60)/t32-,33+,35-,36+,37-,38+,39-,42-,43+,44?,45?,46-,47+/m0/s1. The fraction of sp³-hybridized carbons (Fsp3) is 0.700. The van der Waals surface area contributed by atoms with Crippen LogP contribution in [0.5, 0.6) is 0 Å². The van der Waals surface area contributed by atoms with Crippen LogP contribution in [-0.2, 0) is 35.0 Å². The summed E-state index contributed by atoms with van der Waals surface area (Å²) in [7, 11) is 10.3. The summed E-state index contributed by atoms with van der Waals surface area (Å²) in [6.07, 6.45) is 5.26. The van der Waals surface area contributed by atoms with Crippen LogP contribution in [0.1, 0.15) is 99.0 Å². The zero-order chi connectivity index (χ0) is 48.7. The van der Waals surface area contributed by atoms with Crippen LogP contribution in [0, 0.1) is 35.5 Å². The Bertz CT molecular complexity index is 1800. The minimum absolute atomic E-state index is 0.00999. The average molecular weight is 957 g/mol. The predicted molar refractivity (Wildman–Crippen MR) is 264 cm³/mol. The monoisotopic (exact) mass is 957 g/mol. The molecule has 1 aromatic heterocycles. The van der Waals surface area contributed by atoms with Crippen LogP contribution in [0.4, 0.5) is 4.79 Å². The quantitative estimate of drug-likeness (QED) is 0.0679. The third-order valence-electron chi connectivity index (χ3n) is 14.2. The minimum atomic E-state index is -1.12. The second-order valence-corrected chi connectivity index (χ2v) is 21.6. The Morgan fingerprint density at radius 1 is 0.939 bits per heavy atom. The van der Waals surface area contributed by atoms with Crippen molar-refractivity contribution in [2.75, 3.05) is 34.9 Å². The molecule has 1 aliphatic heterocycles. The van der Waals surface area contributed by atoms with Crippen LogP contribution in [0.15, 0.2) is 59.8 Å². The van der Waals surface area contributed by atoms with Crippen molar-refractivity contribution in [2.24, 2.45) is 41.2 Å². The lowest BCUT2D eigenvalue weighted by Gasteiger charge is -2.47. The van der Waals surface area contributed by atoms with Crippen LogP contribution in [0.25, 0.3) is 0 Å². The Hall–Kier alpha value is -3.41. The van der Waals surface area contributed by atoms with Gasteiger partial charge in [-0.05, 0) is 91.3 Å². The van der Waals surface area contributed by atoms with Gasteiger partial charge in [0.15, 0.2) is 0 Å². The molecule has 14 nitrogen and oxygen atoms in total. The molecule has 2 heterocycles. The number of aromatic nitrogens is 1. The number of benzene rings is 1. The number of nitrogens with one attached hydrogen (secondary N) is 2. The molecule has 16 heteroatoms. The van der Waals surface area contributed by atoms with Gasteiger partial charge in [-0.3, -0.25) is 9.59 Å². The number of likely N-dealkylation sites (tertiary alicyclic amines) is 1. The first-order chi connectivity index (χ1) is 31.5. The summed E-state index contributed by atoms with van der Waals surface area (Å²) in [5, 5.41) is 17.5. The van der Waals surface area contributed by atoms with Gasteiger partial charge in [-0.1, -0.05) is 102 Å². The van der Waals surface area contributed by atoms with E-state index in [0.29, 0.717) is 13.0 Å². The third-order valence-corrected chi connectivity index (χ3v) is 17.0. The van der Waals surface area contributed by atoms with E-state index >= 15 is 0 Å². The Morgan fingerprint density at radius 2 is 1.64 bits per heavy atom. The maximum absolute atomic E-state index is 14.6. The number of likely N-dealkylation sites (N-methyl/N-ethyl adjacent to an activating group) is 1. The van der Waals surface area contributed by atoms with Gasteiger partial charge in [-0.2, -0.15) is 0 Å². The highest BCUT2D eigenvalue weighted by molar-refractivity contribution is 8.76. The van der Waals surface area contributed by atoms with Gasteiger partial charge in [0.1, 0.15) is 17.2 Å². The second-order valence-electron chi connectivity index (χ2n) is 19.1. The van der Waals surface area contributed by atoms with Gasteiger partial charge in [0.25, 0.3) is 0 Å². The van der Waals surface area contributed by atoms with Gasteiger partial charge >= 0.3 is 12.1 Å². The van der Waals surface area contributed by atoms with Crippen molar-refractivity contribution in [3.8, 4) is 0 Å². The van der Waals surface area contributed by atoms with Crippen molar-refractivity contribution >= 4 is 45.5 Å². The number of carboxylic acid groups (broad SMARTS) is 1. The normalized spacial score (nSPS) is 22.2. The molecule has 5 N–H and O–H groups in total. The molecule has 13 atom stereocenters. The summed E-state index contributed by atoms with van der Waals surface area (Å²) in [6, 6.07) is 12.5. The number of pyridine rings is 1. The molecule has 3 amide bonds. The minimum Gasteiger partial charge on any atom is -0.480 e. The van der Waals surface area contributed by atoms with Crippen molar-refractivity contribution in [1.29, 1.82) is 0 Å². The number of carbonyl (C=O) groups is 4. The molecule has 1 saturated carbocycles. The maximum atomic E-state index is 14.6.